The number of carbonyl (C=O) groups excluding carboxylic acids is 1. The zero-order valence-corrected chi connectivity index (χ0v) is 10.7. The summed E-state index contributed by atoms with van der Waals surface area (Å²) in [4.78, 5) is 11.8. The number of carbonyl (C=O) groups is 1. The van der Waals surface area contributed by atoms with E-state index in [1.165, 1.54) is 0 Å². The van der Waals surface area contributed by atoms with Gasteiger partial charge in [-0.2, -0.15) is 0 Å². The molecule has 84 valence electrons. The van der Waals surface area contributed by atoms with Crippen molar-refractivity contribution in [3.05, 3.63) is 0 Å². The Hall–Kier alpha value is -0.240. The maximum absolute atomic E-state index is 11.8. The second-order valence-electron chi connectivity index (χ2n) is 5.06. The first-order valence-corrected chi connectivity index (χ1v) is 5.67. The van der Waals surface area contributed by atoms with Crippen LogP contribution in [0.1, 0.15) is 47.5 Å². The minimum atomic E-state index is -0.331. The molecular weight excluding hydrogens is 198 g/mol. The van der Waals surface area contributed by atoms with Gasteiger partial charge in [0, 0.05) is 16.8 Å². The Balaban J connectivity index is 4.39. The largest absolute Gasteiger partial charge is 0.350 e. The molecule has 0 aliphatic heterocycles. The second-order valence-corrected chi connectivity index (χ2v) is 5.44. The van der Waals surface area contributed by atoms with E-state index >= 15 is 0 Å². The fraction of sp³-hybridized carbons (Fsp3) is 0.909. The highest BCUT2D eigenvalue weighted by Crippen LogP contribution is 2.20. The molecule has 0 fully saturated rings. The van der Waals surface area contributed by atoms with E-state index in [0.29, 0.717) is 5.88 Å². The van der Waals surface area contributed by atoms with E-state index in [9.17, 15) is 4.79 Å². The van der Waals surface area contributed by atoms with E-state index in [1.54, 1.807) is 0 Å². The fourth-order valence-electron chi connectivity index (χ4n) is 0.998. The van der Waals surface area contributed by atoms with Gasteiger partial charge in [0.05, 0.1) is 0 Å². The van der Waals surface area contributed by atoms with E-state index in [4.69, 9.17) is 11.6 Å². The van der Waals surface area contributed by atoms with Crippen molar-refractivity contribution in [2.45, 2.75) is 53.0 Å². The molecule has 0 aromatic rings. The quantitative estimate of drug-likeness (QED) is 0.724. The van der Waals surface area contributed by atoms with Crippen LogP contribution in [-0.2, 0) is 4.79 Å². The minimum absolute atomic E-state index is 0.0898. The van der Waals surface area contributed by atoms with Gasteiger partial charge < -0.3 is 5.32 Å². The molecule has 1 atom stereocenters. The van der Waals surface area contributed by atoms with E-state index in [0.717, 1.165) is 12.8 Å². The summed E-state index contributed by atoms with van der Waals surface area (Å²) in [6.45, 7) is 9.85. The number of amides is 1. The molecule has 0 radical (unpaired) electrons. The summed E-state index contributed by atoms with van der Waals surface area (Å²) in [5, 5.41) is 3.06. The Kier molecular flexibility index (Phi) is 4.93. The number of alkyl halides is 1. The first-order valence-electron chi connectivity index (χ1n) is 5.14. The lowest BCUT2D eigenvalue weighted by atomic mass is 9.90. The molecule has 14 heavy (non-hydrogen) atoms. The van der Waals surface area contributed by atoms with E-state index in [1.807, 2.05) is 27.7 Å². The first-order chi connectivity index (χ1) is 6.25. The van der Waals surface area contributed by atoms with Crippen LogP contribution in [0.15, 0.2) is 0 Å². The second kappa shape index (κ2) is 5.01. The first kappa shape index (κ1) is 13.8. The molecule has 0 saturated carbocycles. The average molecular weight is 220 g/mol. The monoisotopic (exact) mass is 219 g/mol. The molecule has 0 aliphatic rings. The summed E-state index contributed by atoms with van der Waals surface area (Å²) in [7, 11) is 0. The molecule has 3 heteroatoms. The molecule has 1 N–H and O–H groups in total. The van der Waals surface area contributed by atoms with Crippen LogP contribution in [-0.4, -0.2) is 17.3 Å². The SMILES string of the molecule is CCC(C)(CCCl)NC(=O)C(C)(C)C. The van der Waals surface area contributed by atoms with Gasteiger partial charge in [-0.1, -0.05) is 27.7 Å². The summed E-state index contributed by atoms with van der Waals surface area (Å²) >= 11 is 5.71. The highest BCUT2D eigenvalue weighted by Gasteiger charge is 2.29. The van der Waals surface area contributed by atoms with Crippen LogP contribution in [0.5, 0.6) is 0 Å². The summed E-state index contributed by atoms with van der Waals surface area (Å²) in [5.74, 6) is 0.668. The van der Waals surface area contributed by atoms with Crippen LogP contribution < -0.4 is 5.32 Å². The van der Waals surface area contributed by atoms with Gasteiger partial charge in [-0.3, -0.25) is 4.79 Å². The molecule has 1 unspecified atom stereocenters. The zero-order valence-electron chi connectivity index (χ0n) is 9.91. The third-order valence-corrected chi connectivity index (χ3v) is 2.71. The maximum Gasteiger partial charge on any atom is 0.225 e. The van der Waals surface area contributed by atoms with Crippen molar-refractivity contribution in [2.75, 3.05) is 5.88 Å². The molecule has 0 aliphatic carbocycles. The smallest absolute Gasteiger partial charge is 0.225 e. The number of hydrogen-bond donors (Lipinski definition) is 1. The van der Waals surface area contributed by atoms with Gasteiger partial charge in [0.25, 0.3) is 0 Å². The molecule has 0 aromatic carbocycles. The van der Waals surface area contributed by atoms with Crippen LogP contribution in [0, 0.1) is 5.41 Å². The Bertz CT molecular complexity index is 198. The van der Waals surface area contributed by atoms with Crippen LogP contribution in [0.4, 0.5) is 0 Å². The van der Waals surface area contributed by atoms with Gasteiger partial charge in [0.15, 0.2) is 0 Å². The average Bonchev–Trinajstić information content (AvgIpc) is 2.03. The number of nitrogens with one attached hydrogen (secondary N) is 1. The molecule has 0 heterocycles. The number of halogens is 1. The van der Waals surface area contributed by atoms with E-state index < -0.39 is 0 Å². The molecule has 0 aromatic heterocycles. The summed E-state index contributed by atoms with van der Waals surface area (Å²) in [6, 6.07) is 0. The molecule has 2 nitrogen and oxygen atoms in total. The van der Waals surface area contributed by atoms with Gasteiger partial charge >= 0.3 is 0 Å². The molecule has 0 saturated heterocycles. The van der Waals surface area contributed by atoms with Crippen molar-refractivity contribution in [3.8, 4) is 0 Å². The Morgan fingerprint density at radius 3 is 2.07 bits per heavy atom. The maximum atomic E-state index is 11.8. The van der Waals surface area contributed by atoms with Crippen LogP contribution in [0.2, 0.25) is 0 Å². The van der Waals surface area contributed by atoms with Gasteiger partial charge in [-0.05, 0) is 19.8 Å². The van der Waals surface area contributed by atoms with Crippen molar-refractivity contribution < 1.29 is 4.79 Å². The molecular formula is C11H22ClNO. The Labute approximate surface area is 92.4 Å². The van der Waals surface area contributed by atoms with Gasteiger partial charge in [-0.25, -0.2) is 0 Å². The van der Waals surface area contributed by atoms with Crippen molar-refractivity contribution in [1.29, 1.82) is 0 Å². The lowest BCUT2D eigenvalue weighted by Gasteiger charge is -2.32. The van der Waals surface area contributed by atoms with Gasteiger partial charge in [0.1, 0.15) is 0 Å². The van der Waals surface area contributed by atoms with E-state index in [-0.39, 0.29) is 16.9 Å². The van der Waals surface area contributed by atoms with Crippen molar-refractivity contribution in [3.63, 3.8) is 0 Å². The Morgan fingerprint density at radius 1 is 1.29 bits per heavy atom. The van der Waals surface area contributed by atoms with E-state index in [2.05, 4.69) is 12.2 Å². The predicted octanol–water partition coefficient (Wildman–Crippen LogP) is 2.95. The Morgan fingerprint density at radius 2 is 1.79 bits per heavy atom. The minimum Gasteiger partial charge on any atom is -0.350 e. The van der Waals surface area contributed by atoms with Gasteiger partial charge in [-0.15, -0.1) is 11.6 Å². The van der Waals surface area contributed by atoms with Crippen molar-refractivity contribution in [2.24, 2.45) is 5.41 Å². The summed E-state index contributed by atoms with van der Waals surface area (Å²) in [5.41, 5.74) is -0.491. The summed E-state index contributed by atoms with van der Waals surface area (Å²) in [6.07, 6.45) is 1.72. The predicted molar refractivity (Wildman–Crippen MR) is 61.6 cm³/mol. The zero-order chi connectivity index (χ0) is 11.4. The molecule has 1 amide bonds. The summed E-state index contributed by atoms with van der Waals surface area (Å²) < 4.78 is 0. The number of rotatable bonds is 4. The van der Waals surface area contributed by atoms with Crippen LogP contribution in [0.25, 0.3) is 0 Å². The normalized spacial score (nSPS) is 16.1. The van der Waals surface area contributed by atoms with Crippen molar-refractivity contribution in [1.82, 2.24) is 5.32 Å². The van der Waals surface area contributed by atoms with Gasteiger partial charge in [0.2, 0.25) is 5.91 Å². The molecule has 0 rings (SSSR count). The molecule has 0 bridgehead atoms. The van der Waals surface area contributed by atoms with Crippen LogP contribution in [0.3, 0.4) is 0 Å². The third-order valence-electron chi connectivity index (χ3n) is 2.52. The highest BCUT2D eigenvalue weighted by atomic mass is 35.5. The fourth-order valence-corrected chi connectivity index (χ4v) is 1.41. The van der Waals surface area contributed by atoms with Crippen LogP contribution >= 0.6 is 11.6 Å². The lowest BCUT2D eigenvalue weighted by Crippen LogP contribution is -2.49. The number of hydrogen-bond acceptors (Lipinski definition) is 1. The topological polar surface area (TPSA) is 29.1 Å². The standard InChI is InChI=1S/C11H22ClNO/c1-6-11(5,7-8-12)13-9(14)10(2,3)4/h6-8H2,1-5H3,(H,13,14). The molecule has 0 spiro atoms. The lowest BCUT2D eigenvalue weighted by molar-refractivity contribution is -0.130. The van der Waals surface area contributed by atoms with Crippen molar-refractivity contribution >= 4 is 17.5 Å². The highest BCUT2D eigenvalue weighted by molar-refractivity contribution is 6.17. The third kappa shape index (κ3) is 4.32.